The smallest absolute Gasteiger partial charge is 0.224 e. The second-order valence-electron chi connectivity index (χ2n) is 4.69. The summed E-state index contributed by atoms with van der Waals surface area (Å²) in [6.07, 6.45) is 3.85. The maximum atomic E-state index is 6.16. The topological polar surface area (TPSA) is 41.1 Å². The van der Waals surface area contributed by atoms with Gasteiger partial charge in [-0.3, -0.25) is 0 Å². The van der Waals surface area contributed by atoms with Crippen molar-refractivity contribution in [1.29, 1.82) is 0 Å². The highest BCUT2D eigenvalue weighted by atomic mass is 35.5. The molecule has 0 saturated heterocycles. The summed E-state index contributed by atoms with van der Waals surface area (Å²) < 4.78 is 0. The number of nitrogens with one attached hydrogen (secondary N) is 1. The SMILES string of the molecule is CCCNc1ncc(Cl)c(N(C)CC(C)CC)n1. The van der Waals surface area contributed by atoms with E-state index in [1.807, 2.05) is 7.05 Å². The summed E-state index contributed by atoms with van der Waals surface area (Å²) in [5.41, 5.74) is 0. The van der Waals surface area contributed by atoms with E-state index >= 15 is 0 Å². The monoisotopic (exact) mass is 270 g/mol. The Labute approximate surface area is 115 Å². The molecule has 0 aromatic carbocycles. The van der Waals surface area contributed by atoms with Crippen molar-refractivity contribution in [1.82, 2.24) is 9.97 Å². The molecule has 102 valence electrons. The standard InChI is InChI=1S/C13H23ClN4/c1-5-7-15-13-16-8-11(14)12(17-13)18(4)9-10(3)6-2/h8,10H,5-7,9H2,1-4H3,(H,15,16,17). The largest absolute Gasteiger partial charge is 0.358 e. The summed E-state index contributed by atoms with van der Waals surface area (Å²) in [7, 11) is 2.02. The van der Waals surface area contributed by atoms with E-state index in [0.29, 0.717) is 16.9 Å². The Morgan fingerprint density at radius 1 is 1.44 bits per heavy atom. The van der Waals surface area contributed by atoms with Gasteiger partial charge in [0.15, 0.2) is 5.82 Å². The van der Waals surface area contributed by atoms with Crippen LogP contribution in [-0.2, 0) is 0 Å². The molecular weight excluding hydrogens is 248 g/mol. The Morgan fingerprint density at radius 3 is 2.78 bits per heavy atom. The molecule has 0 aliphatic rings. The van der Waals surface area contributed by atoms with Crippen LogP contribution < -0.4 is 10.2 Å². The van der Waals surface area contributed by atoms with Gasteiger partial charge in [0, 0.05) is 20.1 Å². The van der Waals surface area contributed by atoms with Gasteiger partial charge in [-0.1, -0.05) is 38.8 Å². The van der Waals surface area contributed by atoms with Crippen LogP contribution in [0.1, 0.15) is 33.6 Å². The Balaban J connectivity index is 2.79. The second-order valence-corrected chi connectivity index (χ2v) is 5.09. The highest BCUT2D eigenvalue weighted by molar-refractivity contribution is 6.32. The second kappa shape index (κ2) is 7.41. The molecule has 1 N–H and O–H groups in total. The molecular formula is C13H23ClN4. The Bertz CT molecular complexity index is 370. The minimum absolute atomic E-state index is 0.600. The molecule has 1 rings (SSSR count). The molecule has 0 saturated carbocycles. The van der Waals surface area contributed by atoms with Crippen molar-refractivity contribution in [2.24, 2.45) is 5.92 Å². The van der Waals surface area contributed by atoms with Crippen molar-refractivity contribution >= 4 is 23.4 Å². The number of halogens is 1. The molecule has 0 fully saturated rings. The van der Waals surface area contributed by atoms with E-state index in [-0.39, 0.29) is 0 Å². The molecule has 0 amide bonds. The van der Waals surface area contributed by atoms with E-state index in [2.05, 4.69) is 41.0 Å². The van der Waals surface area contributed by atoms with Gasteiger partial charge in [-0.05, 0) is 12.3 Å². The number of rotatable bonds is 7. The lowest BCUT2D eigenvalue weighted by Crippen LogP contribution is -2.25. The summed E-state index contributed by atoms with van der Waals surface area (Å²) in [6, 6.07) is 0. The number of nitrogens with zero attached hydrogens (tertiary/aromatic N) is 3. The van der Waals surface area contributed by atoms with Gasteiger partial charge < -0.3 is 10.2 Å². The molecule has 1 atom stereocenters. The van der Waals surface area contributed by atoms with Crippen molar-refractivity contribution in [3.8, 4) is 0 Å². The van der Waals surface area contributed by atoms with Gasteiger partial charge in [0.25, 0.3) is 0 Å². The van der Waals surface area contributed by atoms with Crippen LogP contribution in [0.25, 0.3) is 0 Å². The van der Waals surface area contributed by atoms with Crippen LogP contribution in [0.4, 0.5) is 11.8 Å². The minimum atomic E-state index is 0.600. The fourth-order valence-corrected chi connectivity index (χ4v) is 1.87. The minimum Gasteiger partial charge on any atom is -0.358 e. The van der Waals surface area contributed by atoms with Crippen molar-refractivity contribution in [2.75, 3.05) is 30.4 Å². The van der Waals surface area contributed by atoms with Crippen molar-refractivity contribution in [2.45, 2.75) is 33.6 Å². The third kappa shape index (κ3) is 4.33. The first-order valence-electron chi connectivity index (χ1n) is 6.56. The third-order valence-corrected chi connectivity index (χ3v) is 3.17. The molecule has 1 aromatic rings. The highest BCUT2D eigenvalue weighted by Crippen LogP contribution is 2.23. The van der Waals surface area contributed by atoms with E-state index in [9.17, 15) is 0 Å². The molecule has 5 heteroatoms. The van der Waals surface area contributed by atoms with Crippen LogP contribution in [0.5, 0.6) is 0 Å². The Kier molecular flexibility index (Phi) is 6.19. The van der Waals surface area contributed by atoms with Crippen LogP contribution in [-0.4, -0.2) is 30.1 Å². The predicted molar refractivity (Wildman–Crippen MR) is 78.5 cm³/mol. The maximum Gasteiger partial charge on any atom is 0.224 e. The average Bonchev–Trinajstić information content (AvgIpc) is 2.37. The van der Waals surface area contributed by atoms with E-state index in [1.54, 1.807) is 6.20 Å². The first-order chi connectivity index (χ1) is 8.58. The number of aromatic nitrogens is 2. The number of anilines is 2. The zero-order chi connectivity index (χ0) is 13.5. The van der Waals surface area contributed by atoms with Crippen LogP contribution in [0.15, 0.2) is 6.20 Å². The Hall–Kier alpha value is -1.03. The summed E-state index contributed by atoms with van der Waals surface area (Å²) >= 11 is 6.16. The number of hydrogen-bond donors (Lipinski definition) is 1. The molecule has 1 aromatic heterocycles. The molecule has 1 unspecified atom stereocenters. The highest BCUT2D eigenvalue weighted by Gasteiger charge is 2.12. The Morgan fingerprint density at radius 2 is 2.17 bits per heavy atom. The van der Waals surface area contributed by atoms with Crippen LogP contribution in [0, 0.1) is 5.92 Å². The first kappa shape index (κ1) is 15.0. The van der Waals surface area contributed by atoms with Gasteiger partial charge in [0.1, 0.15) is 5.02 Å². The lowest BCUT2D eigenvalue weighted by Gasteiger charge is -2.22. The summed E-state index contributed by atoms with van der Waals surface area (Å²) in [5, 5.41) is 3.78. The molecule has 1 heterocycles. The lowest BCUT2D eigenvalue weighted by molar-refractivity contribution is 0.557. The number of hydrogen-bond acceptors (Lipinski definition) is 4. The quantitative estimate of drug-likeness (QED) is 0.824. The predicted octanol–water partition coefficient (Wildman–Crippen LogP) is 3.43. The maximum absolute atomic E-state index is 6.16. The van der Waals surface area contributed by atoms with Crippen molar-refractivity contribution in [3.63, 3.8) is 0 Å². The zero-order valence-corrected chi connectivity index (χ0v) is 12.5. The van der Waals surface area contributed by atoms with Crippen molar-refractivity contribution in [3.05, 3.63) is 11.2 Å². The first-order valence-corrected chi connectivity index (χ1v) is 6.93. The summed E-state index contributed by atoms with van der Waals surface area (Å²) in [4.78, 5) is 10.7. The van der Waals surface area contributed by atoms with Crippen LogP contribution in [0.3, 0.4) is 0 Å². The fourth-order valence-electron chi connectivity index (χ4n) is 1.63. The molecule has 0 aliphatic heterocycles. The van der Waals surface area contributed by atoms with Gasteiger partial charge >= 0.3 is 0 Å². The average molecular weight is 271 g/mol. The summed E-state index contributed by atoms with van der Waals surface area (Å²) in [5.74, 6) is 2.06. The van der Waals surface area contributed by atoms with Crippen LogP contribution in [0.2, 0.25) is 5.02 Å². The normalized spacial score (nSPS) is 12.3. The van der Waals surface area contributed by atoms with Gasteiger partial charge in [-0.25, -0.2) is 4.98 Å². The van der Waals surface area contributed by atoms with E-state index in [0.717, 1.165) is 31.7 Å². The van der Waals surface area contributed by atoms with Gasteiger partial charge in [-0.2, -0.15) is 4.98 Å². The van der Waals surface area contributed by atoms with Crippen molar-refractivity contribution < 1.29 is 0 Å². The van der Waals surface area contributed by atoms with Gasteiger partial charge in [0.2, 0.25) is 5.95 Å². The molecule has 4 nitrogen and oxygen atoms in total. The third-order valence-electron chi connectivity index (χ3n) is 2.90. The molecule has 0 radical (unpaired) electrons. The van der Waals surface area contributed by atoms with E-state index < -0.39 is 0 Å². The van der Waals surface area contributed by atoms with Crippen LogP contribution >= 0.6 is 11.6 Å². The summed E-state index contributed by atoms with van der Waals surface area (Å²) in [6.45, 7) is 8.34. The van der Waals surface area contributed by atoms with E-state index in [4.69, 9.17) is 11.6 Å². The molecule has 0 spiro atoms. The lowest BCUT2D eigenvalue weighted by atomic mass is 10.1. The van der Waals surface area contributed by atoms with E-state index in [1.165, 1.54) is 0 Å². The fraction of sp³-hybridized carbons (Fsp3) is 0.692. The zero-order valence-electron chi connectivity index (χ0n) is 11.7. The molecule has 18 heavy (non-hydrogen) atoms. The van der Waals surface area contributed by atoms with Gasteiger partial charge in [-0.15, -0.1) is 0 Å². The molecule has 0 aliphatic carbocycles. The molecule has 0 bridgehead atoms. The van der Waals surface area contributed by atoms with Gasteiger partial charge in [0.05, 0.1) is 6.20 Å².